The monoisotopic (exact) mass is 372 g/mol. The summed E-state index contributed by atoms with van der Waals surface area (Å²) in [5, 5.41) is 4.13. The van der Waals surface area contributed by atoms with Gasteiger partial charge in [0.15, 0.2) is 0 Å². The van der Waals surface area contributed by atoms with Gasteiger partial charge in [-0.2, -0.15) is 4.98 Å². The molecular formula is C17H26Cl2N4O. The Kier molecular flexibility index (Phi) is 8.70. The average molecular weight is 373 g/mol. The van der Waals surface area contributed by atoms with Crippen LogP contribution in [0.15, 0.2) is 28.8 Å². The lowest BCUT2D eigenvalue weighted by molar-refractivity contribution is 0.302. The van der Waals surface area contributed by atoms with E-state index in [0.717, 1.165) is 24.0 Å². The van der Waals surface area contributed by atoms with Crippen molar-refractivity contribution in [3.63, 3.8) is 0 Å². The third kappa shape index (κ3) is 4.93. The first kappa shape index (κ1) is 20.9. The lowest BCUT2D eigenvalue weighted by atomic mass is 9.87. The van der Waals surface area contributed by atoms with Gasteiger partial charge in [0.25, 0.3) is 0 Å². The minimum Gasteiger partial charge on any atom is -0.339 e. The second-order valence-electron chi connectivity index (χ2n) is 6.12. The van der Waals surface area contributed by atoms with E-state index in [1.165, 1.54) is 25.7 Å². The van der Waals surface area contributed by atoms with E-state index in [2.05, 4.69) is 10.1 Å². The molecule has 1 saturated carbocycles. The summed E-state index contributed by atoms with van der Waals surface area (Å²) in [4.78, 5) is 4.59. The molecule has 1 heterocycles. The second-order valence-corrected chi connectivity index (χ2v) is 6.12. The molecule has 4 N–H and O–H groups in total. The standard InChI is InChI=1S/C17H24N4O.2ClH/c18-11-12-7-9-13(10-8-12)16-20-17(22-21-16)14-5-3-1-2-4-6-15(14)19;;/h7-10,14-15H,1-6,11,18-19H2;2*1H. The molecule has 134 valence electrons. The number of halogens is 2. The predicted molar refractivity (Wildman–Crippen MR) is 101 cm³/mol. The Morgan fingerprint density at radius 2 is 1.67 bits per heavy atom. The Bertz CT molecular complexity index is 603. The van der Waals surface area contributed by atoms with Gasteiger partial charge in [0, 0.05) is 18.2 Å². The summed E-state index contributed by atoms with van der Waals surface area (Å²) in [6.07, 6.45) is 7.00. The summed E-state index contributed by atoms with van der Waals surface area (Å²) in [5.41, 5.74) is 14.0. The fourth-order valence-electron chi connectivity index (χ4n) is 3.11. The number of nitrogens with two attached hydrogens (primary N) is 2. The highest BCUT2D eigenvalue weighted by atomic mass is 35.5. The van der Waals surface area contributed by atoms with Crippen molar-refractivity contribution in [3.05, 3.63) is 35.7 Å². The smallest absolute Gasteiger partial charge is 0.231 e. The minimum absolute atomic E-state index is 0. The highest BCUT2D eigenvalue weighted by Crippen LogP contribution is 2.30. The van der Waals surface area contributed by atoms with Crippen molar-refractivity contribution in [3.8, 4) is 11.4 Å². The molecule has 0 bridgehead atoms. The van der Waals surface area contributed by atoms with Crippen molar-refractivity contribution in [1.29, 1.82) is 0 Å². The van der Waals surface area contributed by atoms with Crippen molar-refractivity contribution < 1.29 is 4.52 Å². The SMILES string of the molecule is Cl.Cl.NCc1ccc(-c2noc(C3CCCCCCC3N)n2)cc1. The van der Waals surface area contributed by atoms with Crippen LogP contribution in [0.3, 0.4) is 0 Å². The maximum atomic E-state index is 6.32. The average Bonchev–Trinajstić information content (AvgIpc) is 3.01. The van der Waals surface area contributed by atoms with Crippen molar-refractivity contribution >= 4 is 24.8 Å². The summed E-state index contributed by atoms with van der Waals surface area (Å²) < 4.78 is 5.52. The van der Waals surface area contributed by atoms with Crippen LogP contribution in [0, 0.1) is 0 Å². The third-order valence-electron chi connectivity index (χ3n) is 4.53. The van der Waals surface area contributed by atoms with E-state index in [-0.39, 0.29) is 36.8 Å². The van der Waals surface area contributed by atoms with Gasteiger partial charge >= 0.3 is 0 Å². The first-order valence-electron chi connectivity index (χ1n) is 8.16. The quantitative estimate of drug-likeness (QED) is 0.854. The molecule has 1 aliphatic rings. The third-order valence-corrected chi connectivity index (χ3v) is 4.53. The van der Waals surface area contributed by atoms with Crippen LogP contribution in [0.2, 0.25) is 0 Å². The molecule has 2 atom stereocenters. The normalized spacial score (nSPS) is 21.1. The van der Waals surface area contributed by atoms with Crippen LogP contribution in [0.4, 0.5) is 0 Å². The van der Waals surface area contributed by atoms with E-state index in [9.17, 15) is 0 Å². The molecule has 24 heavy (non-hydrogen) atoms. The van der Waals surface area contributed by atoms with E-state index < -0.39 is 0 Å². The molecule has 1 aliphatic carbocycles. The van der Waals surface area contributed by atoms with E-state index >= 15 is 0 Å². The molecule has 5 nitrogen and oxygen atoms in total. The zero-order chi connectivity index (χ0) is 15.4. The Balaban J connectivity index is 0.00000144. The summed E-state index contributed by atoms with van der Waals surface area (Å²) >= 11 is 0. The van der Waals surface area contributed by atoms with Crippen molar-refractivity contribution in [2.45, 2.75) is 57.0 Å². The summed E-state index contributed by atoms with van der Waals surface area (Å²) in [5.74, 6) is 1.50. The Labute approximate surface area is 155 Å². The first-order chi connectivity index (χ1) is 10.8. The topological polar surface area (TPSA) is 91.0 Å². The maximum absolute atomic E-state index is 6.32. The number of benzene rings is 1. The lowest BCUT2D eigenvalue weighted by Crippen LogP contribution is -2.29. The van der Waals surface area contributed by atoms with Gasteiger partial charge in [-0.25, -0.2) is 0 Å². The summed E-state index contributed by atoms with van der Waals surface area (Å²) in [6, 6.07) is 8.07. The van der Waals surface area contributed by atoms with Crippen LogP contribution in [0.25, 0.3) is 11.4 Å². The Morgan fingerprint density at radius 3 is 2.33 bits per heavy atom. The van der Waals surface area contributed by atoms with Crippen LogP contribution in [0.1, 0.15) is 55.9 Å². The minimum atomic E-state index is 0. The van der Waals surface area contributed by atoms with Crippen molar-refractivity contribution in [1.82, 2.24) is 10.1 Å². The van der Waals surface area contributed by atoms with Crippen LogP contribution in [-0.2, 0) is 6.54 Å². The Morgan fingerprint density at radius 1 is 1.00 bits per heavy atom. The van der Waals surface area contributed by atoms with E-state index in [1.807, 2.05) is 24.3 Å². The number of hydrogen-bond donors (Lipinski definition) is 2. The van der Waals surface area contributed by atoms with Gasteiger partial charge in [-0.1, -0.05) is 55.1 Å². The zero-order valence-electron chi connectivity index (χ0n) is 13.7. The summed E-state index contributed by atoms with van der Waals surface area (Å²) in [6.45, 7) is 0.536. The molecule has 2 unspecified atom stereocenters. The summed E-state index contributed by atoms with van der Waals surface area (Å²) in [7, 11) is 0. The Hall–Kier alpha value is -1.14. The number of hydrogen-bond acceptors (Lipinski definition) is 5. The fourth-order valence-corrected chi connectivity index (χ4v) is 3.11. The van der Waals surface area contributed by atoms with Gasteiger partial charge in [0.05, 0.1) is 5.92 Å². The molecule has 1 aromatic heterocycles. The van der Waals surface area contributed by atoms with Crippen molar-refractivity contribution in [2.24, 2.45) is 11.5 Å². The molecule has 0 saturated heterocycles. The first-order valence-corrected chi connectivity index (χ1v) is 8.16. The highest BCUT2D eigenvalue weighted by Gasteiger charge is 2.26. The second kappa shape index (κ2) is 9.99. The number of rotatable bonds is 3. The van der Waals surface area contributed by atoms with E-state index in [1.54, 1.807) is 0 Å². The van der Waals surface area contributed by atoms with E-state index in [4.69, 9.17) is 16.0 Å². The zero-order valence-corrected chi connectivity index (χ0v) is 15.3. The molecule has 1 aromatic carbocycles. The van der Waals surface area contributed by atoms with Crippen molar-refractivity contribution in [2.75, 3.05) is 0 Å². The largest absolute Gasteiger partial charge is 0.339 e. The molecule has 0 radical (unpaired) electrons. The molecule has 0 spiro atoms. The maximum Gasteiger partial charge on any atom is 0.231 e. The predicted octanol–water partition coefficient (Wildman–Crippen LogP) is 3.80. The molecule has 7 heteroatoms. The molecule has 0 amide bonds. The molecule has 2 aromatic rings. The lowest BCUT2D eigenvalue weighted by Gasteiger charge is -2.22. The number of nitrogens with zero attached hydrogens (tertiary/aromatic N) is 2. The molecule has 3 rings (SSSR count). The van der Waals surface area contributed by atoms with Gasteiger partial charge in [0.2, 0.25) is 11.7 Å². The van der Waals surface area contributed by atoms with Gasteiger partial charge in [-0.3, -0.25) is 0 Å². The fraction of sp³-hybridized carbons (Fsp3) is 0.529. The van der Waals surface area contributed by atoms with Gasteiger partial charge < -0.3 is 16.0 Å². The molecular weight excluding hydrogens is 347 g/mol. The highest BCUT2D eigenvalue weighted by molar-refractivity contribution is 5.85. The number of aromatic nitrogens is 2. The van der Waals surface area contributed by atoms with E-state index in [0.29, 0.717) is 18.3 Å². The van der Waals surface area contributed by atoms with Gasteiger partial charge in [0.1, 0.15) is 0 Å². The van der Waals surface area contributed by atoms with Crippen LogP contribution >= 0.6 is 24.8 Å². The molecule has 1 fully saturated rings. The van der Waals surface area contributed by atoms with Gasteiger partial charge in [-0.15, -0.1) is 24.8 Å². The van der Waals surface area contributed by atoms with Crippen LogP contribution < -0.4 is 11.5 Å². The molecule has 0 aliphatic heterocycles. The van der Waals surface area contributed by atoms with Gasteiger partial charge in [-0.05, 0) is 18.4 Å². The van der Waals surface area contributed by atoms with Crippen LogP contribution in [-0.4, -0.2) is 16.2 Å². The van der Waals surface area contributed by atoms with Crippen LogP contribution in [0.5, 0.6) is 0 Å².